The molecule has 6 heteroatoms. The number of aromatic nitrogens is 4. The van der Waals surface area contributed by atoms with Crippen LogP contribution in [0, 0.1) is 6.92 Å². The molecule has 0 aliphatic rings. The number of hydrogen-bond acceptors (Lipinski definition) is 3. The van der Waals surface area contributed by atoms with Crippen molar-refractivity contribution in [1.82, 2.24) is 24.9 Å². The Morgan fingerprint density at radius 3 is 2.76 bits per heavy atom. The van der Waals surface area contributed by atoms with Gasteiger partial charge in [-0.05, 0) is 26.8 Å². The van der Waals surface area contributed by atoms with Crippen LogP contribution in [0.15, 0.2) is 24.7 Å². The van der Waals surface area contributed by atoms with Crippen molar-refractivity contribution in [2.45, 2.75) is 33.4 Å². The largest absolute Gasteiger partial charge is 0.346 e. The maximum absolute atomic E-state index is 11.9. The molecule has 0 saturated carbocycles. The van der Waals surface area contributed by atoms with Crippen molar-refractivity contribution < 1.29 is 4.79 Å². The van der Waals surface area contributed by atoms with Crippen LogP contribution in [-0.4, -0.2) is 25.5 Å². The Hall–Kier alpha value is -2.37. The molecule has 0 aliphatic heterocycles. The van der Waals surface area contributed by atoms with E-state index in [1.54, 1.807) is 23.2 Å². The molecule has 0 aliphatic carbocycles. The van der Waals surface area contributed by atoms with E-state index in [-0.39, 0.29) is 11.9 Å². The third kappa shape index (κ3) is 3.59. The summed E-state index contributed by atoms with van der Waals surface area (Å²) >= 11 is 0. The Bertz CT molecular complexity index is 653. The van der Waals surface area contributed by atoms with Crippen molar-refractivity contribution in [3.63, 3.8) is 0 Å². The minimum Gasteiger partial charge on any atom is -0.346 e. The maximum atomic E-state index is 11.9. The van der Waals surface area contributed by atoms with E-state index < -0.39 is 0 Å². The SMILES string of the molecule is CCn1cc(/C=C/C(=O)NC(C)c2cnn(C)c2C)cn1. The lowest BCUT2D eigenvalue weighted by Crippen LogP contribution is -2.24. The zero-order valence-corrected chi connectivity index (χ0v) is 12.9. The first-order chi connectivity index (χ1) is 10.0. The highest BCUT2D eigenvalue weighted by atomic mass is 16.1. The highest BCUT2D eigenvalue weighted by molar-refractivity contribution is 5.91. The number of rotatable bonds is 5. The average Bonchev–Trinajstić information content (AvgIpc) is 3.04. The molecule has 0 spiro atoms. The van der Waals surface area contributed by atoms with Gasteiger partial charge in [-0.25, -0.2) is 0 Å². The van der Waals surface area contributed by atoms with Crippen molar-refractivity contribution in [3.8, 4) is 0 Å². The minimum absolute atomic E-state index is 0.0748. The van der Waals surface area contributed by atoms with E-state index >= 15 is 0 Å². The summed E-state index contributed by atoms with van der Waals surface area (Å²) in [4.78, 5) is 11.9. The van der Waals surface area contributed by atoms with E-state index in [9.17, 15) is 4.79 Å². The maximum Gasteiger partial charge on any atom is 0.244 e. The number of nitrogens with one attached hydrogen (secondary N) is 1. The number of hydrogen-bond donors (Lipinski definition) is 1. The third-order valence-electron chi connectivity index (χ3n) is 3.50. The molecule has 0 saturated heterocycles. The first-order valence-electron chi connectivity index (χ1n) is 7.00. The summed E-state index contributed by atoms with van der Waals surface area (Å²) in [5.74, 6) is -0.130. The van der Waals surface area contributed by atoms with Crippen LogP contribution in [0.25, 0.3) is 6.08 Å². The van der Waals surface area contributed by atoms with Gasteiger partial charge in [-0.3, -0.25) is 14.2 Å². The fraction of sp³-hybridized carbons (Fsp3) is 0.400. The van der Waals surface area contributed by atoms with Gasteiger partial charge in [0.2, 0.25) is 5.91 Å². The summed E-state index contributed by atoms with van der Waals surface area (Å²) in [7, 11) is 1.89. The van der Waals surface area contributed by atoms with Crippen molar-refractivity contribution in [1.29, 1.82) is 0 Å². The summed E-state index contributed by atoms with van der Waals surface area (Å²) < 4.78 is 3.62. The second-order valence-corrected chi connectivity index (χ2v) is 5.00. The lowest BCUT2D eigenvalue weighted by Gasteiger charge is -2.11. The van der Waals surface area contributed by atoms with Gasteiger partial charge < -0.3 is 5.32 Å². The second-order valence-electron chi connectivity index (χ2n) is 5.00. The summed E-state index contributed by atoms with van der Waals surface area (Å²) in [6.45, 7) is 6.77. The highest BCUT2D eigenvalue weighted by Crippen LogP contribution is 2.15. The molecule has 0 fully saturated rings. The van der Waals surface area contributed by atoms with Crippen LogP contribution >= 0.6 is 0 Å². The molecule has 1 amide bonds. The molecule has 1 unspecified atom stereocenters. The van der Waals surface area contributed by atoms with E-state index in [0.29, 0.717) is 0 Å². The van der Waals surface area contributed by atoms with Crippen LogP contribution < -0.4 is 5.32 Å². The molecule has 1 atom stereocenters. The van der Waals surface area contributed by atoms with Crippen LogP contribution in [0.1, 0.15) is 36.7 Å². The molecule has 2 rings (SSSR count). The van der Waals surface area contributed by atoms with Crippen molar-refractivity contribution in [2.75, 3.05) is 0 Å². The Morgan fingerprint density at radius 1 is 1.43 bits per heavy atom. The van der Waals surface area contributed by atoms with Crippen LogP contribution in [0.5, 0.6) is 0 Å². The molecule has 2 aromatic rings. The quantitative estimate of drug-likeness (QED) is 0.853. The Kier molecular flexibility index (Phi) is 4.57. The molecular formula is C15H21N5O. The zero-order valence-electron chi connectivity index (χ0n) is 12.9. The van der Waals surface area contributed by atoms with Crippen molar-refractivity contribution in [3.05, 3.63) is 41.5 Å². The normalized spacial score (nSPS) is 12.8. The monoisotopic (exact) mass is 287 g/mol. The number of amides is 1. The van der Waals surface area contributed by atoms with Crippen molar-refractivity contribution >= 4 is 12.0 Å². The summed E-state index contributed by atoms with van der Waals surface area (Å²) in [6, 6.07) is -0.0748. The van der Waals surface area contributed by atoms with E-state index in [1.165, 1.54) is 6.08 Å². The van der Waals surface area contributed by atoms with Crippen LogP contribution in [-0.2, 0) is 18.4 Å². The first kappa shape index (κ1) is 15.0. The molecule has 0 aromatic carbocycles. The predicted octanol–water partition coefficient (Wildman–Crippen LogP) is 1.84. The van der Waals surface area contributed by atoms with Gasteiger partial charge in [-0.1, -0.05) is 0 Å². The standard InChI is InChI=1S/C15H21N5O/c1-5-20-10-13(8-17-20)6-7-15(21)18-11(2)14-9-16-19(4)12(14)3/h6-11H,5H2,1-4H3,(H,18,21)/b7-6+. The lowest BCUT2D eigenvalue weighted by molar-refractivity contribution is -0.117. The van der Waals surface area contributed by atoms with Gasteiger partial charge in [0, 0.05) is 42.7 Å². The molecule has 0 bridgehead atoms. The molecular weight excluding hydrogens is 266 g/mol. The smallest absolute Gasteiger partial charge is 0.244 e. The second kappa shape index (κ2) is 6.39. The van der Waals surface area contributed by atoms with Crippen molar-refractivity contribution in [2.24, 2.45) is 7.05 Å². The third-order valence-corrected chi connectivity index (χ3v) is 3.50. The van der Waals surface area contributed by atoms with Crippen LogP contribution in [0.2, 0.25) is 0 Å². The van der Waals surface area contributed by atoms with E-state index in [2.05, 4.69) is 15.5 Å². The summed E-state index contributed by atoms with van der Waals surface area (Å²) in [6.07, 6.45) is 8.71. The fourth-order valence-corrected chi connectivity index (χ4v) is 2.09. The van der Waals surface area contributed by atoms with Gasteiger partial charge in [-0.15, -0.1) is 0 Å². The summed E-state index contributed by atoms with van der Waals surface area (Å²) in [5.41, 5.74) is 2.99. The van der Waals surface area contributed by atoms with Gasteiger partial charge in [-0.2, -0.15) is 10.2 Å². The summed E-state index contributed by atoms with van der Waals surface area (Å²) in [5, 5.41) is 11.3. The molecule has 2 aromatic heterocycles. The van der Waals surface area contributed by atoms with Crippen LogP contribution in [0.3, 0.4) is 0 Å². The molecule has 21 heavy (non-hydrogen) atoms. The molecule has 6 nitrogen and oxygen atoms in total. The number of carbonyl (C=O) groups is 1. The van der Waals surface area contributed by atoms with Gasteiger partial charge in [0.1, 0.15) is 0 Å². The van der Waals surface area contributed by atoms with E-state index in [0.717, 1.165) is 23.4 Å². The van der Waals surface area contributed by atoms with E-state index in [1.807, 2.05) is 38.7 Å². The topological polar surface area (TPSA) is 64.7 Å². The van der Waals surface area contributed by atoms with Gasteiger partial charge in [0.25, 0.3) is 0 Å². The van der Waals surface area contributed by atoms with Gasteiger partial charge in [0.15, 0.2) is 0 Å². The number of carbonyl (C=O) groups excluding carboxylic acids is 1. The Labute approximate surface area is 124 Å². The molecule has 1 N–H and O–H groups in total. The van der Waals surface area contributed by atoms with Crippen LogP contribution in [0.4, 0.5) is 0 Å². The van der Waals surface area contributed by atoms with E-state index in [4.69, 9.17) is 0 Å². The average molecular weight is 287 g/mol. The number of aryl methyl sites for hydroxylation is 2. The van der Waals surface area contributed by atoms with Gasteiger partial charge in [0.05, 0.1) is 18.4 Å². The number of nitrogens with zero attached hydrogens (tertiary/aromatic N) is 4. The molecule has 112 valence electrons. The predicted molar refractivity (Wildman–Crippen MR) is 81.4 cm³/mol. The zero-order chi connectivity index (χ0) is 15.4. The van der Waals surface area contributed by atoms with Gasteiger partial charge >= 0.3 is 0 Å². The first-order valence-corrected chi connectivity index (χ1v) is 7.00. The molecule has 0 radical (unpaired) electrons. The minimum atomic E-state index is -0.130. The fourth-order valence-electron chi connectivity index (χ4n) is 2.09. The Morgan fingerprint density at radius 2 is 2.19 bits per heavy atom. The molecule has 2 heterocycles. The Balaban J connectivity index is 1.96. The lowest BCUT2D eigenvalue weighted by atomic mass is 10.1. The highest BCUT2D eigenvalue weighted by Gasteiger charge is 2.13.